The van der Waals surface area contributed by atoms with Gasteiger partial charge in [-0.05, 0) is 24.6 Å². The summed E-state index contributed by atoms with van der Waals surface area (Å²) in [5.41, 5.74) is 1.33. The van der Waals surface area contributed by atoms with Gasteiger partial charge >= 0.3 is 0 Å². The van der Waals surface area contributed by atoms with E-state index >= 15 is 0 Å². The number of ketones is 1. The summed E-state index contributed by atoms with van der Waals surface area (Å²) in [6.45, 7) is 1.77. The molecule has 1 aliphatic rings. The number of hydrogen-bond acceptors (Lipinski definition) is 5. The Morgan fingerprint density at radius 2 is 1.53 bits per heavy atom. The summed E-state index contributed by atoms with van der Waals surface area (Å²) >= 11 is 0. The lowest BCUT2D eigenvalue weighted by Crippen LogP contribution is -2.32. The molecule has 7 heteroatoms. The minimum atomic E-state index is -0.579. The third-order valence-electron chi connectivity index (χ3n) is 5.17. The summed E-state index contributed by atoms with van der Waals surface area (Å²) in [5, 5.41) is 11.0. The molecular formula is C23H16N2O5. The van der Waals surface area contributed by atoms with Crippen LogP contribution in [0.1, 0.15) is 55.2 Å². The lowest BCUT2D eigenvalue weighted by molar-refractivity contribution is -0.384. The minimum absolute atomic E-state index is 0.135. The molecule has 7 nitrogen and oxygen atoms in total. The van der Waals surface area contributed by atoms with Crippen molar-refractivity contribution in [3.63, 3.8) is 0 Å². The lowest BCUT2D eigenvalue weighted by atomic mass is 9.99. The highest BCUT2D eigenvalue weighted by Gasteiger charge is 2.39. The number of rotatable bonds is 5. The predicted octanol–water partition coefficient (Wildman–Crippen LogP) is 4.18. The van der Waals surface area contributed by atoms with Crippen molar-refractivity contribution in [1.82, 2.24) is 4.90 Å². The van der Waals surface area contributed by atoms with Gasteiger partial charge < -0.3 is 0 Å². The fourth-order valence-electron chi connectivity index (χ4n) is 3.56. The number of hydrogen-bond donors (Lipinski definition) is 0. The highest BCUT2D eigenvalue weighted by atomic mass is 16.6. The van der Waals surface area contributed by atoms with Crippen LogP contribution in [0.5, 0.6) is 0 Å². The maximum atomic E-state index is 13.0. The molecule has 4 rings (SSSR count). The first-order chi connectivity index (χ1) is 14.4. The molecule has 0 bridgehead atoms. The van der Waals surface area contributed by atoms with Crippen LogP contribution in [0.25, 0.3) is 0 Å². The van der Waals surface area contributed by atoms with Crippen molar-refractivity contribution in [2.45, 2.75) is 13.0 Å². The first-order valence-electron chi connectivity index (χ1n) is 9.24. The molecule has 0 saturated heterocycles. The van der Waals surface area contributed by atoms with Crippen molar-refractivity contribution in [1.29, 1.82) is 0 Å². The van der Waals surface area contributed by atoms with E-state index in [0.29, 0.717) is 0 Å². The third kappa shape index (κ3) is 3.16. The Labute approximate surface area is 171 Å². The average Bonchev–Trinajstić information content (AvgIpc) is 3.03. The number of fused-ring (bicyclic) bond motifs is 1. The molecule has 0 N–H and O–H groups in total. The van der Waals surface area contributed by atoms with Crippen LogP contribution >= 0.6 is 0 Å². The van der Waals surface area contributed by atoms with E-state index in [1.165, 1.54) is 47.4 Å². The SMILES string of the molecule is CC(c1ccccc1)N1C(=O)c2ccc(C(=O)c3cccc([N+](=O)[O-])c3)cc2C1=O. The molecule has 3 aromatic carbocycles. The first-order valence-corrected chi connectivity index (χ1v) is 9.24. The van der Waals surface area contributed by atoms with Crippen LogP contribution < -0.4 is 0 Å². The molecule has 3 aromatic rings. The van der Waals surface area contributed by atoms with Gasteiger partial charge in [0, 0.05) is 23.3 Å². The fourth-order valence-corrected chi connectivity index (χ4v) is 3.56. The molecular weight excluding hydrogens is 384 g/mol. The van der Waals surface area contributed by atoms with E-state index < -0.39 is 28.6 Å². The largest absolute Gasteiger partial charge is 0.289 e. The number of amides is 2. The summed E-state index contributed by atoms with van der Waals surface area (Å²) in [6, 6.07) is 18.4. The molecule has 1 atom stereocenters. The van der Waals surface area contributed by atoms with Gasteiger partial charge in [-0.25, -0.2) is 0 Å². The highest BCUT2D eigenvalue weighted by molar-refractivity contribution is 6.22. The van der Waals surface area contributed by atoms with Gasteiger partial charge in [-0.15, -0.1) is 0 Å². The maximum absolute atomic E-state index is 13.0. The molecule has 0 aromatic heterocycles. The van der Waals surface area contributed by atoms with Gasteiger partial charge in [0.1, 0.15) is 0 Å². The summed E-state index contributed by atoms with van der Waals surface area (Å²) in [4.78, 5) is 50.2. The molecule has 0 spiro atoms. The quantitative estimate of drug-likeness (QED) is 0.277. The smallest absolute Gasteiger partial charge is 0.270 e. The monoisotopic (exact) mass is 400 g/mol. The number of carbonyl (C=O) groups is 3. The highest BCUT2D eigenvalue weighted by Crippen LogP contribution is 2.32. The van der Waals surface area contributed by atoms with Crippen molar-refractivity contribution in [3.8, 4) is 0 Å². The van der Waals surface area contributed by atoms with E-state index in [2.05, 4.69) is 0 Å². The van der Waals surface area contributed by atoms with Crippen LogP contribution in [0.2, 0.25) is 0 Å². The van der Waals surface area contributed by atoms with Gasteiger partial charge in [-0.2, -0.15) is 0 Å². The van der Waals surface area contributed by atoms with Gasteiger partial charge in [0.2, 0.25) is 0 Å². The molecule has 30 heavy (non-hydrogen) atoms. The number of nitrogens with zero attached hydrogens (tertiary/aromatic N) is 2. The molecule has 0 radical (unpaired) electrons. The maximum Gasteiger partial charge on any atom is 0.270 e. The zero-order chi connectivity index (χ0) is 21.4. The number of nitro groups is 1. The Morgan fingerprint density at radius 3 is 2.23 bits per heavy atom. The van der Waals surface area contributed by atoms with Gasteiger partial charge in [0.25, 0.3) is 17.5 Å². The molecule has 0 saturated carbocycles. The Balaban J connectivity index is 1.68. The van der Waals surface area contributed by atoms with E-state index in [1.54, 1.807) is 6.92 Å². The number of non-ortho nitro benzene ring substituents is 1. The Kier molecular flexibility index (Phi) is 4.71. The summed E-state index contributed by atoms with van der Waals surface area (Å²) in [7, 11) is 0. The number of carbonyl (C=O) groups excluding carboxylic acids is 3. The fraction of sp³-hybridized carbons (Fsp3) is 0.0870. The zero-order valence-corrected chi connectivity index (χ0v) is 15.9. The van der Waals surface area contributed by atoms with Crippen molar-refractivity contribution in [2.24, 2.45) is 0 Å². The summed E-state index contributed by atoms with van der Waals surface area (Å²) < 4.78 is 0. The lowest BCUT2D eigenvalue weighted by Gasteiger charge is -2.22. The van der Waals surface area contributed by atoms with E-state index in [4.69, 9.17) is 0 Å². The molecule has 1 heterocycles. The van der Waals surface area contributed by atoms with Gasteiger partial charge in [0.15, 0.2) is 5.78 Å². The second-order valence-corrected chi connectivity index (χ2v) is 6.96. The summed E-state index contributed by atoms with van der Waals surface area (Å²) in [6.07, 6.45) is 0. The van der Waals surface area contributed by atoms with Gasteiger partial charge in [-0.1, -0.05) is 48.5 Å². The van der Waals surface area contributed by atoms with Gasteiger partial charge in [-0.3, -0.25) is 29.4 Å². The standard InChI is InChI=1S/C23H16N2O5/c1-14(15-6-3-2-4-7-15)24-22(27)19-11-10-17(13-20(19)23(24)28)21(26)16-8-5-9-18(12-16)25(29)30/h2-14H,1H3. The summed E-state index contributed by atoms with van der Waals surface area (Å²) in [5.74, 6) is -1.35. The molecule has 1 aliphatic heterocycles. The molecule has 0 fully saturated rings. The predicted molar refractivity (Wildman–Crippen MR) is 108 cm³/mol. The Bertz CT molecular complexity index is 1200. The number of nitro benzene ring substituents is 1. The molecule has 0 aliphatic carbocycles. The van der Waals surface area contributed by atoms with Crippen LogP contribution in [-0.2, 0) is 0 Å². The second kappa shape index (κ2) is 7.36. The number of benzene rings is 3. The third-order valence-corrected chi connectivity index (χ3v) is 5.17. The molecule has 1 unspecified atom stereocenters. The average molecular weight is 400 g/mol. The topological polar surface area (TPSA) is 97.6 Å². The zero-order valence-electron chi connectivity index (χ0n) is 15.9. The van der Waals surface area contributed by atoms with Crippen LogP contribution in [0.3, 0.4) is 0 Å². The Hall–Kier alpha value is -4.13. The van der Waals surface area contributed by atoms with Crippen LogP contribution in [0.4, 0.5) is 5.69 Å². The first kappa shape index (κ1) is 19.2. The van der Waals surface area contributed by atoms with E-state index in [-0.39, 0.29) is 27.9 Å². The van der Waals surface area contributed by atoms with Crippen LogP contribution in [0.15, 0.2) is 72.8 Å². The van der Waals surface area contributed by atoms with E-state index in [1.807, 2.05) is 30.3 Å². The van der Waals surface area contributed by atoms with Gasteiger partial charge in [0.05, 0.1) is 22.1 Å². The van der Waals surface area contributed by atoms with Crippen LogP contribution in [-0.4, -0.2) is 27.4 Å². The van der Waals surface area contributed by atoms with Crippen molar-refractivity contribution >= 4 is 23.3 Å². The molecule has 148 valence electrons. The van der Waals surface area contributed by atoms with Crippen molar-refractivity contribution < 1.29 is 19.3 Å². The van der Waals surface area contributed by atoms with Crippen molar-refractivity contribution in [3.05, 3.63) is 111 Å². The normalized spacial score (nSPS) is 13.8. The number of imide groups is 1. The van der Waals surface area contributed by atoms with Crippen LogP contribution in [0, 0.1) is 10.1 Å². The molecule has 2 amide bonds. The second-order valence-electron chi connectivity index (χ2n) is 6.96. The minimum Gasteiger partial charge on any atom is -0.289 e. The van der Waals surface area contributed by atoms with E-state index in [0.717, 1.165) is 5.56 Å². The van der Waals surface area contributed by atoms with E-state index in [9.17, 15) is 24.5 Å². The Morgan fingerprint density at radius 1 is 0.867 bits per heavy atom. The van der Waals surface area contributed by atoms with Crippen molar-refractivity contribution in [2.75, 3.05) is 0 Å².